The van der Waals surface area contributed by atoms with Crippen molar-refractivity contribution >= 4 is 11.7 Å². The fourth-order valence-electron chi connectivity index (χ4n) is 2.69. The highest BCUT2D eigenvalue weighted by Gasteiger charge is 2.16. The van der Waals surface area contributed by atoms with Crippen LogP contribution in [0.3, 0.4) is 0 Å². The number of benzene rings is 2. The fraction of sp³-hybridized carbons (Fsp3) is 0.200. The number of carbonyl (C=O) groups is 1. The number of ether oxygens (including phenoxy) is 1. The van der Waals surface area contributed by atoms with Gasteiger partial charge in [0.15, 0.2) is 5.82 Å². The molecule has 0 aliphatic rings. The van der Waals surface area contributed by atoms with Gasteiger partial charge in [0, 0.05) is 6.07 Å². The quantitative estimate of drug-likeness (QED) is 0.667. The van der Waals surface area contributed by atoms with E-state index >= 15 is 0 Å². The van der Waals surface area contributed by atoms with Crippen LogP contribution in [0.4, 0.5) is 10.2 Å². The van der Waals surface area contributed by atoms with E-state index in [-0.39, 0.29) is 24.3 Å². The Hall–Kier alpha value is -3.19. The number of halogens is 1. The second-order valence-corrected chi connectivity index (χ2v) is 6.01. The summed E-state index contributed by atoms with van der Waals surface area (Å²) in [5.74, 6) is 1.13. The smallest absolute Gasteiger partial charge is 0.239 e. The van der Waals surface area contributed by atoms with Gasteiger partial charge in [-0.3, -0.25) is 10.1 Å². The monoisotopic (exact) mass is 369 g/mol. The Morgan fingerprint density at radius 1 is 1.15 bits per heavy atom. The number of carbonyl (C=O) groups excluding carboxylic acids is 1. The van der Waals surface area contributed by atoms with Gasteiger partial charge in [-0.05, 0) is 42.3 Å². The minimum absolute atomic E-state index is 0.0416. The summed E-state index contributed by atoms with van der Waals surface area (Å²) in [7, 11) is 1.60. The van der Waals surface area contributed by atoms with Crippen molar-refractivity contribution in [1.82, 2.24) is 10.5 Å². The SMILES string of the molecule is COc1ccc([C@H](NCC(=O)Nc2cc(C)on2)c2ccc(F)cc2)cc1. The van der Waals surface area contributed by atoms with Gasteiger partial charge in [-0.25, -0.2) is 4.39 Å². The molecule has 2 N–H and O–H groups in total. The third-order valence-electron chi connectivity index (χ3n) is 4.01. The van der Waals surface area contributed by atoms with Gasteiger partial charge in [-0.15, -0.1) is 0 Å². The van der Waals surface area contributed by atoms with Crippen molar-refractivity contribution in [2.45, 2.75) is 13.0 Å². The molecule has 0 saturated carbocycles. The van der Waals surface area contributed by atoms with E-state index in [1.807, 2.05) is 24.3 Å². The topological polar surface area (TPSA) is 76.4 Å². The number of nitrogens with zero attached hydrogens (tertiary/aromatic N) is 1. The van der Waals surface area contributed by atoms with Crippen molar-refractivity contribution in [2.75, 3.05) is 19.0 Å². The molecule has 0 bridgehead atoms. The molecule has 6 nitrogen and oxygen atoms in total. The molecule has 0 saturated heterocycles. The van der Waals surface area contributed by atoms with Crippen LogP contribution in [0, 0.1) is 12.7 Å². The number of aromatic nitrogens is 1. The number of hydrogen-bond acceptors (Lipinski definition) is 5. The van der Waals surface area contributed by atoms with Gasteiger partial charge in [0.25, 0.3) is 0 Å². The summed E-state index contributed by atoms with van der Waals surface area (Å²) < 4.78 is 23.4. The molecule has 1 amide bonds. The maximum Gasteiger partial charge on any atom is 0.239 e. The Bertz CT molecular complexity index is 892. The number of amides is 1. The van der Waals surface area contributed by atoms with Crippen LogP contribution in [-0.2, 0) is 4.79 Å². The Morgan fingerprint density at radius 3 is 2.33 bits per heavy atom. The van der Waals surface area contributed by atoms with Crippen molar-refractivity contribution in [3.8, 4) is 5.75 Å². The van der Waals surface area contributed by atoms with E-state index < -0.39 is 0 Å². The highest BCUT2D eigenvalue weighted by atomic mass is 19.1. The fourth-order valence-corrected chi connectivity index (χ4v) is 2.69. The molecular weight excluding hydrogens is 349 g/mol. The molecule has 3 aromatic rings. The van der Waals surface area contributed by atoms with Crippen LogP contribution in [0.5, 0.6) is 5.75 Å². The van der Waals surface area contributed by atoms with Gasteiger partial charge in [0.1, 0.15) is 17.3 Å². The summed E-state index contributed by atoms with van der Waals surface area (Å²) in [6.45, 7) is 1.79. The van der Waals surface area contributed by atoms with Gasteiger partial charge in [0.2, 0.25) is 5.91 Å². The van der Waals surface area contributed by atoms with Crippen LogP contribution in [0.2, 0.25) is 0 Å². The molecule has 0 aliphatic carbocycles. The van der Waals surface area contributed by atoms with Crippen LogP contribution in [0.1, 0.15) is 22.9 Å². The van der Waals surface area contributed by atoms with Crippen molar-refractivity contribution in [3.05, 3.63) is 77.3 Å². The minimum Gasteiger partial charge on any atom is -0.497 e. The predicted molar refractivity (Wildman–Crippen MR) is 99.1 cm³/mol. The number of hydrogen-bond donors (Lipinski definition) is 2. The van der Waals surface area contributed by atoms with Crippen LogP contribution in [0.15, 0.2) is 59.1 Å². The van der Waals surface area contributed by atoms with Crippen LogP contribution >= 0.6 is 0 Å². The summed E-state index contributed by atoms with van der Waals surface area (Å²) in [5, 5.41) is 9.60. The first-order valence-electron chi connectivity index (χ1n) is 8.41. The maximum absolute atomic E-state index is 13.3. The number of anilines is 1. The molecule has 1 heterocycles. The molecule has 140 valence electrons. The summed E-state index contributed by atoms with van der Waals surface area (Å²) in [4.78, 5) is 12.2. The number of rotatable bonds is 7. The van der Waals surface area contributed by atoms with Crippen molar-refractivity contribution in [3.63, 3.8) is 0 Å². The van der Waals surface area contributed by atoms with Crippen molar-refractivity contribution in [2.24, 2.45) is 0 Å². The van der Waals surface area contributed by atoms with E-state index in [0.717, 1.165) is 16.9 Å². The zero-order chi connectivity index (χ0) is 19.2. The minimum atomic E-state index is -0.314. The zero-order valence-corrected chi connectivity index (χ0v) is 15.0. The van der Waals surface area contributed by atoms with E-state index in [2.05, 4.69) is 15.8 Å². The average Bonchev–Trinajstić information content (AvgIpc) is 3.08. The first-order chi connectivity index (χ1) is 13.0. The van der Waals surface area contributed by atoms with Gasteiger partial charge in [-0.1, -0.05) is 29.4 Å². The zero-order valence-electron chi connectivity index (χ0n) is 15.0. The molecule has 27 heavy (non-hydrogen) atoms. The molecule has 0 unspecified atom stereocenters. The lowest BCUT2D eigenvalue weighted by Gasteiger charge is -2.20. The Kier molecular flexibility index (Phi) is 5.83. The second kappa shape index (κ2) is 8.46. The molecule has 0 radical (unpaired) electrons. The molecule has 3 rings (SSSR count). The first kappa shape index (κ1) is 18.6. The van der Waals surface area contributed by atoms with E-state index in [9.17, 15) is 9.18 Å². The number of methoxy groups -OCH3 is 1. The highest BCUT2D eigenvalue weighted by molar-refractivity contribution is 5.91. The van der Waals surface area contributed by atoms with E-state index in [4.69, 9.17) is 9.26 Å². The number of aryl methyl sites for hydroxylation is 1. The van der Waals surface area contributed by atoms with E-state index in [1.165, 1.54) is 12.1 Å². The van der Waals surface area contributed by atoms with Crippen LogP contribution < -0.4 is 15.4 Å². The second-order valence-electron chi connectivity index (χ2n) is 6.01. The van der Waals surface area contributed by atoms with E-state index in [0.29, 0.717) is 11.6 Å². The normalized spacial score (nSPS) is 11.8. The van der Waals surface area contributed by atoms with E-state index in [1.54, 1.807) is 32.2 Å². The molecule has 7 heteroatoms. The van der Waals surface area contributed by atoms with Gasteiger partial charge < -0.3 is 14.6 Å². The Balaban J connectivity index is 1.74. The van der Waals surface area contributed by atoms with Gasteiger partial charge in [-0.2, -0.15) is 0 Å². The summed E-state index contributed by atoms with van der Waals surface area (Å²) in [5.41, 5.74) is 1.76. The molecule has 0 aliphatic heterocycles. The third-order valence-corrected chi connectivity index (χ3v) is 4.01. The van der Waals surface area contributed by atoms with Crippen LogP contribution in [0.25, 0.3) is 0 Å². The lowest BCUT2D eigenvalue weighted by atomic mass is 9.98. The first-order valence-corrected chi connectivity index (χ1v) is 8.41. The van der Waals surface area contributed by atoms with Crippen LogP contribution in [-0.4, -0.2) is 24.7 Å². The van der Waals surface area contributed by atoms with Gasteiger partial charge >= 0.3 is 0 Å². The lowest BCUT2D eigenvalue weighted by Crippen LogP contribution is -2.32. The van der Waals surface area contributed by atoms with Crippen molar-refractivity contribution in [1.29, 1.82) is 0 Å². The summed E-state index contributed by atoms with van der Waals surface area (Å²) in [6, 6.07) is 15.0. The molecule has 2 aromatic carbocycles. The molecule has 1 aromatic heterocycles. The molecular formula is C20H20FN3O3. The van der Waals surface area contributed by atoms with Crippen molar-refractivity contribution < 1.29 is 18.4 Å². The largest absolute Gasteiger partial charge is 0.497 e. The Morgan fingerprint density at radius 2 is 1.78 bits per heavy atom. The maximum atomic E-state index is 13.3. The summed E-state index contributed by atoms with van der Waals surface area (Å²) >= 11 is 0. The lowest BCUT2D eigenvalue weighted by molar-refractivity contribution is -0.115. The molecule has 0 fully saturated rings. The Labute approximate surface area is 156 Å². The number of nitrogens with one attached hydrogen (secondary N) is 2. The van der Waals surface area contributed by atoms with Gasteiger partial charge in [0.05, 0.1) is 19.7 Å². The highest BCUT2D eigenvalue weighted by Crippen LogP contribution is 2.24. The predicted octanol–water partition coefficient (Wildman–Crippen LogP) is 3.45. The standard InChI is InChI=1S/C20H20FN3O3/c1-13-11-18(24-27-13)23-19(25)12-22-20(14-3-7-16(21)8-4-14)15-5-9-17(26-2)10-6-15/h3-11,20,22H,12H2,1-2H3,(H,23,24,25)/t20-/m1/s1. The third kappa shape index (κ3) is 4.92. The molecule has 1 atom stereocenters. The molecule has 0 spiro atoms. The summed E-state index contributed by atoms with van der Waals surface area (Å²) in [6.07, 6.45) is 0. The average molecular weight is 369 g/mol.